The maximum Gasteiger partial charge on any atom is 0.307 e. The Kier molecular flexibility index (Phi) is 26.5. The highest BCUT2D eigenvalue weighted by atomic mass is 16.4. The Morgan fingerprint density at radius 3 is 1.03 bits per heavy atom. The Morgan fingerprint density at radius 2 is 0.742 bits per heavy atom. The molecule has 0 rings (SSSR count). The molecular weight excluding hydrogens is 384 g/mol. The molecule has 2 N–H and O–H groups in total. The molecule has 0 aliphatic rings. The fourth-order valence-corrected chi connectivity index (χ4v) is 4.21. The summed E-state index contributed by atoms with van der Waals surface area (Å²) >= 11 is 0. The van der Waals surface area contributed by atoms with Gasteiger partial charge in [0.25, 0.3) is 0 Å². The van der Waals surface area contributed by atoms with Crippen molar-refractivity contribution in [2.24, 2.45) is 0 Å². The van der Waals surface area contributed by atoms with Crippen molar-refractivity contribution in [3.8, 4) is 0 Å². The predicted octanol–water partition coefficient (Wildman–Crippen LogP) is 8.98. The number of carboxylic acids is 1. The average Bonchev–Trinajstić information content (AvgIpc) is 2.76. The van der Waals surface area contributed by atoms with Gasteiger partial charge in [-0.1, -0.05) is 141 Å². The van der Waals surface area contributed by atoms with Crippen LogP contribution in [0.4, 0.5) is 0 Å². The van der Waals surface area contributed by atoms with Crippen molar-refractivity contribution < 1.29 is 15.0 Å². The van der Waals surface area contributed by atoms with Gasteiger partial charge in [-0.15, -0.1) is 0 Å². The minimum atomic E-state index is -0.740. The number of aliphatic carboxylic acids is 1. The summed E-state index contributed by atoms with van der Waals surface area (Å²) in [6, 6.07) is 0. The van der Waals surface area contributed by atoms with Crippen LogP contribution in [0.15, 0.2) is 12.2 Å². The van der Waals surface area contributed by atoms with E-state index in [4.69, 9.17) is 10.2 Å². The third kappa shape index (κ3) is 29.2. The van der Waals surface area contributed by atoms with Gasteiger partial charge in [-0.3, -0.25) is 4.79 Å². The highest BCUT2D eigenvalue weighted by Gasteiger charge is 1.96. The third-order valence-corrected chi connectivity index (χ3v) is 6.24. The highest BCUT2D eigenvalue weighted by molar-refractivity contribution is 5.68. The van der Waals surface area contributed by atoms with E-state index in [-0.39, 0.29) is 6.42 Å². The number of rotatable bonds is 26. The zero-order chi connectivity index (χ0) is 22.7. The molecule has 0 aromatic rings. The van der Waals surface area contributed by atoms with Gasteiger partial charge in [-0.05, 0) is 19.3 Å². The lowest BCUT2D eigenvalue weighted by molar-refractivity contribution is -0.136. The molecule has 3 nitrogen and oxygen atoms in total. The van der Waals surface area contributed by atoms with Crippen LogP contribution in [0.2, 0.25) is 0 Å². The van der Waals surface area contributed by atoms with Crippen molar-refractivity contribution in [1.29, 1.82) is 0 Å². The van der Waals surface area contributed by atoms with Gasteiger partial charge >= 0.3 is 5.97 Å². The molecule has 0 aliphatic carbocycles. The Morgan fingerprint density at radius 1 is 0.452 bits per heavy atom. The molecule has 184 valence electrons. The van der Waals surface area contributed by atoms with Gasteiger partial charge in [-0.25, -0.2) is 0 Å². The summed E-state index contributed by atoms with van der Waals surface area (Å²) in [7, 11) is 0. The van der Waals surface area contributed by atoms with Gasteiger partial charge in [0.05, 0.1) is 6.42 Å². The van der Waals surface area contributed by atoms with Crippen LogP contribution in [0.5, 0.6) is 0 Å². The minimum absolute atomic E-state index is 0.161. The fraction of sp³-hybridized carbons (Fsp3) is 0.893. The lowest BCUT2D eigenvalue weighted by Gasteiger charge is -2.04. The van der Waals surface area contributed by atoms with Crippen molar-refractivity contribution in [3.05, 3.63) is 12.2 Å². The van der Waals surface area contributed by atoms with Gasteiger partial charge in [0.1, 0.15) is 0 Å². The molecule has 31 heavy (non-hydrogen) atoms. The van der Waals surface area contributed by atoms with E-state index in [1.807, 2.05) is 6.08 Å². The summed E-state index contributed by atoms with van der Waals surface area (Å²) in [6.07, 6.45) is 34.9. The van der Waals surface area contributed by atoms with E-state index in [0.29, 0.717) is 6.61 Å². The van der Waals surface area contributed by atoms with Crippen LogP contribution in [0.1, 0.15) is 154 Å². The van der Waals surface area contributed by atoms with Crippen LogP contribution in [-0.4, -0.2) is 22.8 Å². The molecular formula is C28H54O3. The largest absolute Gasteiger partial charge is 0.481 e. The summed E-state index contributed by atoms with van der Waals surface area (Å²) in [5.74, 6) is -0.740. The molecule has 0 atom stereocenters. The lowest BCUT2D eigenvalue weighted by Crippen LogP contribution is -1.89. The van der Waals surface area contributed by atoms with Crippen molar-refractivity contribution in [1.82, 2.24) is 0 Å². The summed E-state index contributed by atoms with van der Waals surface area (Å²) in [6.45, 7) is 0.361. The number of carbonyl (C=O) groups is 1. The first-order valence-corrected chi connectivity index (χ1v) is 13.7. The molecule has 0 saturated heterocycles. The number of carboxylic acid groups (broad SMARTS) is 1. The number of unbranched alkanes of at least 4 members (excludes halogenated alkanes) is 22. The van der Waals surface area contributed by atoms with Crippen LogP contribution >= 0.6 is 0 Å². The summed E-state index contributed by atoms with van der Waals surface area (Å²) in [5.41, 5.74) is 0. The zero-order valence-electron chi connectivity index (χ0n) is 20.6. The molecule has 0 unspecified atom stereocenters. The van der Waals surface area contributed by atoms with E-state index < -0.39 is 5.97 Å². The Labute approximate surface area is 194 Å². The van der Waals surface area contributed by atoms with Crippen LogP contribution in [0.25, 0.3) is 0 Å². The van der Waals surface area contributed by atoms with E-state index >= 15 is 0 Å². The maximum absolute atomic E-state index is 10.4. The number of allylic oxidation sites excluding steroid dienone is 1. The lowest BCUT2D eigenvalue weighted by atomic mass is 10.0. The molecule has 0 aliphatic heterocycles. The Balaban J connectivity index is 3.03. The second kappa shape index (κ2) is 27.2. The van der Waals surface area contributed by atoms with E-state index in [2.05, 4.69) is 0 Å². The number of aliphatic hydroxyl groups is 1. The molecule has 0 radical (unpaired) electrons. The zero-order valence-corrected chi connectivity index (χ0v) is 20.6. The summed E-state index contributed by atoms with van der Waals surface area (Å²) in [4.78, 5) is 10.4. The number of hydrogen-bond donors (Lipinski definition) is 2. The highest BCUT2D eigenvalue weighted by Crippen LogP contribution is 2.15. The van der Waals surface area contributed by atoms with Crippen molar-refractivity contribution in [2.45, 2.75) is 154 Å². The van der Waals surface area contributed by atoms with E-state index in [9.17, 15) is 4.79 Å². The minimum Gasteiger partial charge on any atom is -0.481 e. The van der Waals surface area contributed by atoms with Gasteiger partial charge in [0, 0.05) is 6.61 Å². The number of aliphatic hydroxyl groups excluding tert-OH is 1. The normalized spacial score (nSPS) is 11.5. The molecule has 0 aromatic carbocycles. The first-order valence-electron chi connectivity index (χ1n) is 13.7. The standard InChI is InChI=1S/C28H54O3/c29-27-25-23-21-19-17-15-13-11-9-7-5-3-1-2-4-6-8-10-12-14-16-18-20-22-24-26-28(30)31/h22,24,29H,1-21,23,25-27H2,(H,30,31). The van der Waals surface area contributed by atoms with E-state index in [0.717, 1.165) is 12.8 Å². The molecule has 3 heteroatoms. The smallest absolute Gasteiger partial charge is 0.307 e. The van der Waals surface area contributed by atoms with Gasteiger partial charge in [0.2, 0.25) is 0 Å². The molecule has 0 bridgehead atoms. The molecule has 0 saturated carbocycles. The Hall–Kier alpha value is -0.830. The van der Waals surface area contributed by atoms with Crippen LogP contribution in [0.3, 0.4) is 0 Å². The van der Waals surface area contributed by atoms with E-state index in [1.165, 1.54) is 135 Å². The summed E-state index contributed by atoms with van der Waals surface area (Å²) in [5, 5.41) is 17.3. The van der Waals surface area contributed by atoms with Gasteiger partial charge in [0.15, 0.2) is 0 Å². The topological polar surface area (TPSA) is 57.5 Å². The third-order valence-electron chi connectivity index (χ3n) is 6.24. The second-order valence-electron chi connectivity index (χ2n) is 9.36. The van der Waals surface area contributed by atoms with Crippen molar-refractivity contribution in [2.75, 3.05) is 6.61 Å². The first kappa shape index (κ1) is 30.2. The molecule has 0 amide bonds. The Bertz CT molecular complexity index is 378. The van der Waals surface area contributed by atoms with Gasteiger partial charge < -0.3 is 10.2 Å². The average molecular weight is 439 g/mol. The predicted molar refractivity (Wildman–Crippen MR) is 135 cm³/mol. The fourth-order valence-electron chi connectivity index (χ4n) is 4.21. The quantitative estimate of drug-likeness (QED) is 0.105. The monoisotopic (exact) mass is 438 g/mol. The van der Waals surface area contributed by atoms with Crippen LogP contribution in [-0.2, 0) is 4.79 Å². The summed E-state index contributed by atoms with van der Waals surface area (Å²) < 4.78 is 0. The maximum atomic E-state index is 10.4. The number of hydrogen-bond acceptors (Lipinski definition) is 2. The van der Waals surface area contributed by atoms with Crippen LogP contribution in [0, 0.1) is 0 Å². The molecule has 0 aromatic heterocycles. The van der Waals surface area contributed by atoms with Gasteiger partial charge in [-0.2, -0.15) is 0 Å². The molecule has 0 spiro atoms. The second-order valence-corrected chi connectivity index (χ2v) is 9.36. The SMILES string of the molecule is O=C(O)CC=CCCCCCCCCCCCCCCCCCCCCCCCCO. The first-order chi connectivity index (χ1) is 15.3. The van der Waals surface area contributed by atoms with Crippen molar-refractivity contribution >= 4 is 5.97 Å². The van der Waals surface area contributed by atoms with Crippen LogP contribution < -0.4 is 0 Å². The van der Waals surface area contributed by atoms with E-state index in [1.54, 1.807) is 6.08 Å². The van der Waals surface area contributed by atoms with Crippen molar-refractivity contribution in [3.63, 3.8) is 0 Å². The molecule has 0 fully saturated rings. The molecule has 0 heterocycles.